The van der Waals surface area contributed by atoms with Gasteiger partial charge >= 0.3 is 12.0 Å². The average Bonchev–Trinajstić information content (AvgIpc) is 2.93. The fraction of sp³-hybridized carbons (Fsp3) is 0.769. The highest BCUT2D eigenvalue weighted by Crippen LogP contribution is 2.06. The summed E-state index contributed by atoms with van der Waals surface area (Å²) in [5.74, 6) is -1.75. The van der Waals surface area contributed by atoms with Gasteiger partial charge in [-0.1, -0.05) is 0 Å². The molecule has 1 atom stereocenters. The van der Waals surface area contributed by atoms with E-state index in [4.69, 9.17) is 10.8 Å². The maximum atomic E-state index is 11.9. The van der Waals surface area contributed by atoms with Gasteiger partial charge in [0.15, 0.2) is 0 Å². The van der Waals surface area contributed by atoms with Crippen molar-refractivity contribution in [3.05, 3.63) is 0 Å². The minimum absolute atomic E-state index is 0.00360. The molecule has 8 heteroatoms. The third-order valence-corrected chi connectivity index (χ3v) is 3.57. The SMILES string of the molecule is CN(CCN1CCCC1)C(=O)N[C@H](CCC(N)=O)C(=O)O. The Morgan fingerprint density at radius 2 is 1.95 bits per heavy atom. The van der Waals surface area contributed by atoms with E-state index in [0.717, 1.165) is 19.6 Å². The molecule has 0 aliphatic carbocycles. The molecule has 0 aromatic carbocycles. The molecule has 0 saturated carbocycles. The third kappa shape index (κ3) is 6.44. The Balaban J connectivity index is 2.36. The zero-order chi connectivity index (χ0) is 15.8. The molecule has 0 bridgehead atoms. The fourth-order valence-corrected chi connectivity index (χ4v) is 2.20. The number of rotatable bonds is 8. The maximum absolute atomic E-state index is 11.9. The van der Waals surface area contributed by atoms with Crippen molar-refractivity contribution < 1.29 is 19.5 Å². The molecule has 0 unspecified atom stereocenters. The van der Waals surface area contributed by atoms with Crippen LogP contribution in [0.4, 0.5) is 4.79 Å². The van der Waals surface area contributed by atoms with Crippen LogP contribution in [0.15, 0.2) is 0 Å². The molecule has 1 saturated heterocycles. The van der Waals surface area contributed by atoms with E-state index in [9.17, 15) is 14.4 Å². The summed E-state index contributed by atoms with van der Waals surface area (Å²) >= 11 is 0. The Hall–Kier alpha value is -1.83. The largest absolute Gasteiger partial charge is 0.480 e. The smallest absolute Gasteiger partial charge is 0.326 e. The lowest BCUT2D eigenvalue weighted by atomic mass is 10.1. The minimum Gasteiger partial charge on any atom is -0.480 e. The third-order valence-electron chi connectivity index (χ3n) is 3.57. The molecule has 1 fully saturated rings. The van der Waals surface area contributed by atoms with Gasteiger partial charge in [0.05, 0.1) is 0 Å². The van der Waals surface area contributed by atoms with E-state index in [-0.39, 0.29) is 12.8 Å². The maximum Gasteiger partial charge on any atom is 0.326 e. The molecule has 8 nitrogen and oxygen atoms in total. The molecule has 3 amide bonds. The molecule has 0 radical (unpaired) electrons. The van der Waals surface area contributed by atoms with E-state index in [1.54, 1.807) is 7.05 Å². The van der Waals surface area contributed by atoms with Crippen molar-refractivity contribution in [3.63, 3.8) is 0 Å². The van der Waals surface area contributed by atoms with Gasteiger partial charge < -0.3 is 26.0 Å². The van der Waals surface area contributed by atoms with Crippen LogP contribution in [-0.4, -0.2) is 72.1 Å². The highest BCUT2D eigenvalue weighted by atomic mass is 16.4. The van der Waals surface area contributed by atoms with Crippen LogP contribution < -0.4 is 11.1 Å². The number of urea groups is 1. The predicted octanol–water partition coefficient (Wildman–Crippen LogP) is -0.558. The first-order valence-corrected chi connectivity index (χ1v) is 7.15. The highest BCUT2D eigenvalue weighted by Gasteiger charge is 2.22. The number of primary amides is 1. The van der Waals surface area contributed by atoms with Crippen molar-refractivity contribution in [1.29, 1.82) is 0 Å². The number of carboxylic acid groups (broad SMARTS) is 1. The first-order chi connectivity index (χ1) is 9.90. The lowest BCUT2D eigenvalue weighted by Gasteiger charge is -2.23. The number of hydrogen-bond acceptors (Lipinski definition) is 4. The lowest BCUT2D eigenvalue weighted by Crippen LogP contribution is -2.48. The van der Waals surface area contributed by atoms with E-state index < -0.39 is 23.9 Å². The van der Waals surface area contributed by atoms with E-state index >= 15 is 0 Å². The summed E-state index contributed by atoms with van der Waals surface area (Å²) in [6.07, 6.45) is 2.29. The zero-order valence-corrected chi connectivity index (χ0v) is 12.4. The number of hydrogen-bond donors (Lipinski definition) is 3. The summed E-state index contributed by atoms with van der Waals surface area (Å²) in [4.78, 5) is 37.4. The van der Waals surface area contributed by atoms with Gasteiger partial charge in [0.2, 0.25) is 5.91 Å². The number of carbonyl (C=O) groups excluding carboxylic acids is 2. The Kier molecular flexibility index (Phi) is 6.93. The lowest BCUT2D eigenvalue weighted by molar-refractivity contribution is -0.139. The number of carboxylic acids is 1. The summed E-state index contributed by atoms with van der Waals surface area (Å²) in [5, 5.41) is 11.4. The van der Waals surface area contributed by atoms with Gasteiger partial charge in [0, 0.05) is 26.6 Å². The molecular formula is C13H24N4O4. The molecule has 0 aromatic rings. The molecule has 120 valence electrons. The van der Waals surface area contributed by atoms with Crippen molar-refractivity contribution in [2.45, 2.75) is 31.7 Å². The first-order valence-electron chi connectivity index (χ1n) is 7.15. The van der Waals surface area contributed by atoms with Gasteiger partial charge in [-0.05, 0) is 32.4 Å². The first kappa shape index (κ1) is 17.2. The number of aliphatic carboxylic acids is 1. The molecule has 1 rings (SSSR count). The second-order valence-corrected chi connectivity index (χ2v) is 5.32. The van der Waals surface area contributed by atoms with Crippen LogP contribution >= 0.6 is 0 Å². The van der Waals surface area contributed by atoms with Crippen molar-refractivity contribution in [1.82, 2.24) is 15.1 Å². The van der Waals surface area contributed by atoms with E-state index in [1.165, 1.54) is 17.7 Å². The molecule has 1 aliphatic rings. The number of likely N-dealkylation sites (tertiary alicyclic amines) is 1. The van der Waals surface area contributed by atoms with Crippen LogP contribution in [0.1, 0.15) is 25.7 Å². The molecule has 1 heterocycles. The van der Waals surface area contributed by atoms with Crippen LogP contribution in [0.5, 0.6) is 0 Å². The van der Waals surface area contributed by atoms with Crippen molar-refractivity contribution in [3.8, 4) is 0 Å². The minimum atomic E-state index is -1.17. The Morgan fingerprint density at radius 1 is 1.33 bits per heavy atom. The molecule has 1 aliphatic heterocycles. The van der Waals surface area contributed by atoms with Crippen molar-refractivity contribution >= 4 is 17.9 Å². The topological polar surface area (TPSA) is 116 Å². The summed E-state index contributed by atoms with van der Waals surface area (Å²) in [5.41, 5.74) is 4.99. The molecule has 21 heavy (non-hydrogen) atoms. The predicted molar refractivity (Wildman–Crippen MR) is 76.7 cm³/mol. The van der Waals surface area contributed by atoms with Crippen LogP contribution in [0.3, 0.4) is 0 Å². The monoisotopic (exact) mass is 300 g/mol. The van der Waals surface area contributed by atoms with Gasteiger partial charge in [-0.15, -0.1) is 0 Å². The summed E-state index contributed by atoms with van der Waals surface area (Å²) in [6, 6.07) is -1.55. The highest BCUT2D eigenvalue weighted by molar-refractivity contribution is 5.83. The van der Waals surface area contributed by atoms with Gasteiger partial charge in [-0.3, -0.25) is 4.79 Å². The van der Waals surface area contributed by atoms with Crippen LogP contribution in [0.2, 0.25) is 0 Å². The van der Waals surface area contributed by atoms with Crippen LogP contribution in [0, 0.1) is 0 Å². The van der Waals surface area contributed by atoms with E-state index in [0.29, 0.717) is 6.54 Å². The molecular weight excluding hydrogens is 276 g/mol. The normalized spacial score (nSPS) is 16.4. The number of carbonyl (C=O) groups is 3. The van der Waals surface area contributed by atoms with Gasteiger partial charge in [-0.2, -0.15) is 0 Å². The van der Waals surface area contributed by atoms with Gasteiger partial charge in [0.1, 0.15) is 6.04 Å². The van der Waals surface area contributed by atoms with Crippen molar-refractivity contribution in [2.24, 2.45) is 5.73 Å². The Morgan fingerprint density at radius 3 is 2.48 bits per heavy atom. The Labute approximate surface area is 124 Å². The van der Waals surface area contributed by atoms with Crippen molar-refractivity contribution in [2.75, 3.05) is 33.2 Å². The van der Waals surface area contributed by atoms with Gasteiger partial charge in [0.25, 0.3) is 0 Å². The number of nitrogens with zero attached hydrogens (tertiary/aromatic N) is 2. The number of nitrogens with two attached hydrogens (primary N) is 1. The summed E-state index contributed by atoms with van der Waals surface area (Å²) in [7, 11) is 1.62. The molecule has 4 N–H and O–H groups in total. The van der Waals surface area contributed by atoms with Crippen LogP contribution in [-0.2, 0) is 9.59 Å². The standard InChI is InChI=1S/C13H24N4O4/c1-16(8-9-17-6-2-3-7-17)13(21)15-10(12(19)20)4-5-11(14)18/h10H,2-9H2,1H3,(H2,14,18)(H,15,21)(H,19,20)/t10-/m1/s1. The molecule has 0 aromatic heterocycles. The number of amides is 3. The van der Waals surface area contributed by atoms with Gasteiger partial charge in [-0.25, -0.2) is 9.59 Å². The zero-order valence-electron chi connectivity index (χ0n) is 12.4. The molecule has 0 spiro atoms. The second kappa shape index (κ2) is 8.46. The second-order valence-electron chi connectivity index (χ2n) is 5.32. The van der Waals surface area contributed by atoms with Crippen LogP contribution in [0.25, 0.3) is 0 Å². The van der Waals surface area contributed by atoms with E-state index in [1.807, 2.05) is 0 Å². The number of nitrogens with one attached hydrogen (secondary N) is 1. The summed E-state index contributed by atoms with van der Waals surface area (Å²) in [6.45, 7) is 3.41. The average molecular weight is 300 g/mol. The number of likely N-dealkylation sites (N-methyl/N-ethyl adjacent to an activating group) is 1. The van der Waals surface area contributed by atoms with E-state index in [2.05, 4.69) is 10.2 Å². The Bertz CT molecular complexity index is 382. The fourth-order valence-electron chi connectivity index (χ4n) is 2.20. The summed E-state index contributed by atoms with van der Waals surface area (Å²) < 4.78 is 0. The quantitative estimate of drug-likeness (QED) is 0.556.